The highest BCUT2D eigenvalue weighted by Gasteiger charge is 2.59. The SMILES string of the molecule is CC(=O)Nc1ncnc2c1ccn2[C@@H]1O[C@H](CO)C(OC(C)=O)C1(C)OC(C)=O. The van der Waals surface area contributed by atoms with Crippen LogP contribution >= 0.6 is 0 Å². The van der Waals surface area contributed by atoms with Gasteiger partial charge < -0.3 is 29.2 Å². The summed E-state index contributed by atoms with van der Waals surface area (Å²) >= 11 is 0. The van der Waals surface area contributed by atoms with Crippen molar-refractivity contribution in [3.8, 4) is 0 Å². The molecular weight excluding hydrogens is 384 g/mol. The van der Waals surface area contributed by atoms with E-state index in [1.54, 1.807) is 23.8 Å². The molecule has 11 heteroatoms. The van der Waals surface area contributed by atoms with Crippen molar-refractivity contribution in [3.63, 3.8) is 0 Å². The fraction of sp³-hybridized carbons (Fsp3) is 0.500. The Kier molecular flexibility index (Phi) is 5.53. The van der Waals surface area contributed by atoms with Gasteiger partial charge in [-0.2, -0.15) is 0 Å². The molecule has 0 saturated carbocycles. The monoisotopic (exact) mass is 406 g/mol. The molecule has 1 fully saturated rings. The molecule has 3 heterocycles. The van der Waals surface area contributed by atoms with Crippen LogP contribution in [0.15, 0.2) is 18.6 Å². The van der Waals surface area contributed by atoms with Gasteiger partial charge in [-0.3, -0.25) is 14.4 Å². The van der Waals surface area contributed by atoms with Crippen molar-refractivity contribution >= 4 is 34.7 Å². The summed E-state index contributed by atoms with van der Waals surface area (Å²) in [7, 11) is 0. The highest BCUT2D eigenvalue weighted by atomic mass is 16.7. The van der Waals surface area contributed by atoms with Crippen LogP contribution in [0.5, 0.6) is 0 Å². The number of anilines is 1. The molecule has 2 aromatic heterocycles. The third-order valence-electron chi connectivity index (χ3n) is 4.59. The lowest BCUT2D eigenvalue weighted by Gasteiger charge is -2.34. The van der Waals surface area contributed by atoms with E-state index in [1.165, 1.54) is 27.1 Å². The molecule has 1 aliphatic heterocycles. The van der Waals surface area contributed by atoms with Crippen LogP contribution in [-0.2, 0) is 28.6 Å². The van der Waals surface area contributed by atoms with Gasteiger partial charge in [0.05, 0.1) is 12.0 Å². The molecule has 1 saturated heterocycles. The average molecular weight is 406 g/mol. The number of aromatic nitrogens is 3. The summed E-state index contributed by atoms with van der Waals surface area (Å²) in [6.45, 7) is 4.90. The molecule has 11 nitrogen and oxygen atoms in total. The van der Waals surface area contributed by atoms with Gasteiger partial charge in [0.15, 0.2) is 17.9 Å². The zero-order valence-corrected chi connectivity index (χ0v) is 16.4. The van der Waals surface area contributed by atoms with E-state index in [-0.39, 0.29) is 5.91 Å². The molecule has 0 bridgehead atoms. The summed E-state index contributed by atoms with van der Waals surface area (Å²) in [5, 5.41) is 12.9. The van der Waals surface area contributed by atoms with Crippen LogP contribution in [0, 0.1) is 0 Å². The third kappa shape index (κ3) is 3.78. The van der Waals surface area contributed by atoms with E-state index in [2.05, 4.69) is 15.3 Å². The van der Waals surface area contributed by atoms with Gasteiger partial charge in [0, 0.05) is 27.0 Å². The summed E-state index contributed by atoms with van der Waals surface area (Å²) < 4.78 is 18.4. The minimum Gasteiger partial charge on any atom is -0.455 e. The molecule has 2 unspecified atom stereocenters. The molecule has 1 aliphatic rings. The number of nitrogens with one attached hydrogen (secondary N) is 1. The van der Waals surface area contributed by atoms with Crippen molar-refractivity contribution in [3.05, 3.63) is 18.6 Å². The van der Waals surface area contributed by atoms with Crippen molar-refractivity contribution in [2.75, 3.05) is 11.9 Å². The molecule has 0 aliphatic carbocycles. The van der Waals surface area contributed by atoms with Crippen LogP contribution in [0.3, 0.4) is 0 Å². The van der Waals surface area contributed by atoms with Crippen LogP contribution in [0.4, 0.5) is 5.82 Å². The number of carbonyl (C=O) groups excluding carboxylic acids is 3. The van der Waals surface area contributed by atoms with E-state index >= 15 is 0 Å². The number of carbonyl (C=O) groups is 3. The fourth-order valence-electron chi connectivity index (χ4n) is 3.58. The predicted octanol–water partition coefficient (Wildman–Crippen LogP) is 0.533. The first kappa shape index (κ1) is 20.7. The largest absolute Gasteiger partial charge is 0.455 e. The maximum atomic E-state index is 11.8. The Morgan fingerprint density at radius 1 is 1.28 bits per heavy atom. The average Bonchev–Trinajstić information content (AvgIpc) is 3.14. The second kappa shape index (κ2) is 7.76. The Bertz CT molecular complexity index is 959. The van der Waals surface area contributed by atoms with E-state index in [0.717, 1.165) is 0 Å². The van der Waals surface area contributed by atoms with Crippen molar-refractivity contribution in [1.29, 1.82) is 0 Å². The summed E-state index contributed by atoms with van der Waals surface area (Å²) in [5.41, 5.74) is -1.05. The Morgan fingerprint density at radius 3 is 2.59 bits per heavy atom. The summed E-state index contributed by atoms with van der Waals surface area (Å²) in [6.07, 6.45) is -0.0439. The number of ether oxygens (including phenoxy) is 3. The van der Waals surface area contributed by atoms with Crippen LogP contribution in [0.25, 0.3) is 11.0 Å². The summed E-state index contributed by atoms with van der Waals surface area (Å²) in [6, 6.07) is 1.67. The topological polar surface area (TPSA) is 142 Å². The number of amides is 1. The van der Waals surface area contributed by atoms with Crippen LogP contribution in [-0.4, -0.2) is 61.9 Å². The number of hydrogen-bond donors (Lipinski definition) is 2. The lowest BCUT2D eigenvalue weighted by atomic mass is 9.95. The van der Waals surface area contributed by atoms with Crippen molar-refractivity contribution in [2.45, 2.75) is 51.7 Å². The van der Waals surface area contributed by atoms with Gasteiger partial charge in [-0.05, 0) is 13.0 Å². The molecular formula is C18H22N4O7. The second-order valence-corrected chi connectivity index (χ2v) is 6.88. The van der Waals surface area contributed by atoms with Crippen molar-refractivity contribution in [2.24, 2.45) is 0 Å². The highest BCUT2D eigenvalue weighted by Crippen LogP contribution is 2.44. The van der Waals surface area contributed by atoms with Gasteiger partial charge in [-0.1, -0.05) is 0 Å². The molecule has 156 valence electrons. The minimum absolute atomic E-state index is 0.296. The number of hydrogen-bond acceptors (Lipinski definition) is 9. The Balaban J connectivity index is 2.11. The first-order valence-corrected chi connectivity index (χ1v) is 8.89. The number of rotatable bonds is 5. The predicted molar refractivity (Wildman–Crippen MR) is 98.6 cm³/mol. The van der Waals surface area contributed by atoms with Gasteiger partial charge in [-0.15, -0.1) is 0 Å². The number of esters is 2. The smallest absolute Gasteiger partial charge is 0.303 e. The molecule has 2 aromatic rings. The Labute approximate surface area is 166 Å². The molecule has 0 radical (unpaired) electrons. The first-order valence-electron chi connectivity index (χ1n) is 8.89. The van der Waals surface area contributed by atoms with E-state index in [4.69, 9.17) is 14.2 Å². The van der Waals surface area contributed by atoms with Gasteiger partial charge in [0.1, 0.15) is 23.9 Å². The number of aliphatic hydroxyl groups excluding tert-OH is 1. The molecule has 0 aromatic carbocycles. The maximum absolute atomic E-state index is 11.8. The Hall–Kier alpha value is -3.05. The van der Waals surface area contributed by atoms with Crippen LogP contribution in [0.1, 0.15) is 33.9 Å². The fourth-order valence-corrected chi connectivity index (χ4v) is 3.58. The summed E-state index contributed by atoms with van der Waals surface area (Å²) in [5.74, 6) is -1.20. The lowest BCUT2D eigenvalue weighted by molar-refractivity contribution is -0.184. The highest BCUT2D eigenvalue weighted by molar-refractivity contribution is 5.97. The standard InChI is InChI=1S/C18H22N4O7/c1-9(24)21-15-12-5-6-22(16(12)20-8-19-15)17-18(4,29-11(3)26)14(27-10(2)25)13(7-23)28-17/h5-6,8,13-14,17,23H,7H2,1-4H3,(H,19,20,21,24)/t13-,14?,17-,18?/m1/s1. The van der Waals surface area contributed by atoms with E-state index in [9.17, 15) is 19.5 Å². The van der Waals surface area contributed by atoms with Crippen molar-refractivity contribution < 1.29 is 33.7 Å². The normalized spacial score (nSPS) is 26.3. The van der Waals surface area contributed by atoms with E-state index in [1.807, 2.05) is 0 Å². The number of aliphatic hydroxyl groups is 1. The first-order chi connectivity index (χ1) is 13.7. The minimum atomic E-state index is -1.45. The molecule has 2 N–H and O–H groups in total. The van der Waals surface area contributed by atoms with Gasteiger partial charge in [0.25, 0.3) is 0 Å². The van der Waals surface area contributed by atoms with Crippen molar-refractivity contribution in [1.82, 2.24) is 14.5 Å². The molecule has 4 atom stereocenters. The van der Waals surface area contributed by atoms with E-state index in [0.29, 0.717) is 16.9 Å². The van der Waals surface area contributed by atoms with Crippen LogP contribution in [0.2, 0.25) is 0 Å². The zero-order chi connectivity index (χ0) is 21.3. The quantitative estimate of drug-likeness (QED) is 0.680. The molecule has 1 amide bonds. The number of nitrogens with zero attached hydrogens (tertiary/aromatic N) is 3. The molecule has 29 heavy (non-hydrogen) atoms. The van der Waals surface area contributed by atoms with Crippen LogP contribution < -0.4 is 5.32 Å². The number of fused-ring (bicyclic) bond motifs is 1. The Morgan fingerprint density at radius 2 is 2.00 bits per heavy atom. The molecule has 3 rings (SSSR count). The van der Waals surface area contributed by atoms with E-state index < -0.39 is 42.6 Å². The summed E-state index contributed by atoms with van der Waals surface area (Å²) in [4.78, 5) is 43.2. The third-order valence-corrected chi connectivity index (χ3v) is 4.59. The zero-order valence-electron chi connectivity index (χ0n) is 16.4. The van der Waals surface area contributed by atoms with Gasteiger partial charge >= 0.3 is 11.9 Å². The lowest BCUT2D eigenvalue weighted by Crippen LogP contribution is -2.49. The molecule has 0 spiro atoms. The van der Waals surface area contributed by atoms with Gasteiger partial charge in [-0.25, -0.2) is 9.97 Å². The second-order valence-electron chi connectivity index (χ2n) is 6.88. The van der Waals surface area contributed by atoms with Gasteiger partial charge in [0.2, 0.25) is 5.91 Å². The maximum Gasteiger partial charge on any atom is 0.303 e.